The Morgan fingerprint density at radius 1 is 0.381 bits per heavy atom. The van der Waals surface area contributed by atoms with E-state index in [0.29, 0.717) is 87.7 Å². The molecule has 63 heavy (non-hydrogen) atoms. The van der Waals surface area contributed by atoms with Gasteiger partial charge in [0.2, 0.25) is 0 Å². The van der Waals surface area contributed by atoms with Crippen LogP contribution in [0.15, 0.2) is 109 Å². The van der Waals surface area contributed by atoms with Gasteiger partial charge in [0.1, 0.15) is 75.7 Å². The molecule has 0 unspecified atom stereocenters. The summed E-state index contributed by atoms with van der Waals surface area (Å²) in [7, 11) is 4.89. The normalized spacial score (nSPS) is 11.5. The Morgan fingerprint density at radius 2 is 0.667 bits per heavy atom. The maximum atomic E-state index is 11.3. The van der Waals surface area contributed by atoms with Crippen molar-refractivity contribution in [2.24, 2.45) is 0 Å². The molecular formula is C51H48O12. The lowest BCUT2D eigenvalue weighted by Gasteiger charge is -2.20. The molecular weight excluding hydrogens is 805 g/mol. The average molecular weight is 853 g/mol. The monoisotopic (exact) mass is 852 g/mol. The van der Waals surface area contributed by atoms with E-state index in [9.17, 15) is 14.4 Å². The molecule has 1 aliphatic rings. The maximum Gasteiger partial charge on any atom is 0.164 e. The molecule has 0 saturated heterocycles. The number of rotatable bonds is 21. The first-order valence-electron chi connectivity index (χ1n) is 20.4. The van der Waals surface area contributed by atoms with Crippen molar-refractivity contribution < 1.29 is 57.0 Å². The number of benzene rings is 6. The number of hydrogen-bond acceptors (Lipinski definition) is 12. The van der Waals surface area contributed by atoms with Gasteiger partial charge < -0.3 is 42.6 Å². The van der Waals surface area contributed by atoms with Crippen LogP contribution in [0.2, 0.25) is 0 Å². The highest BCUT2D eigenvalue weighted by molar-refractivity contribution is 5.76. The second-order valence-electron chi connectivity index (χ2n) is 14.4. The summed E-state index contributed by atoms with van der Waals surface area (Å²) in [6, 6.07) is 32.7. The summed E-state index contributed by atoms with van der Waals surface area (Å²) in [6.45, 7) is 1.39. The van der Waals surface area contributed by atoms with Gasteiger partial charge in [-0.3, -0.25) is 14.4 Å². The molecule has 0 fully saturated rings. The van der Waals surface area contributed by atoms with Crippen molar-refractivity contribution in [2.75, 3.05) is 61.0 Å². The number of carbonyl (C=O) groups is 3. The van der Waals surface area contributed by atoms with Gasteiger partial charge in [-0.1, -0.05) is 54.6 Å². The van der Waals surface area contributed by atoms with Gasteiger partial charge >= 0.3 is 0 Å². The molecule has 0 aliphatic heterocycles. The molecule has 0 spiro atoms. The number of fused-ring (bicyclic) bond motifs is 3. The zero-order valence-corrected chi connectivity index (χ0v) is 35.4. The van der Waals surface area contributed by atoms with Gasteiger partial charge in [-0.15, -0.1) is 0 Å². The van der Waals surface area contributed by atoms with E-state index in [2.05, 4.69) is 0 Å². The van der Waals surface area contributed by atoms with Crippen LogP contribution in [-0.2, 0) is 19.3 Å². The van der Waals surface area contributed by atoms with Crippen molar-refractivity contribution in [3.8, 4) is 51.7 Å². The van der Waals surface area contributed by atoms with Crippen molar-refractivity contribution in [3.05, 3.63) is 159 Å². The molecule has 0 bridgehead atoms. The van der Waals surface area contributed by atoms with Crippen molar-refractivity contribution in [3.63, 3.8) is 0 Å². The zero-order valence-electron chi connectivity index (χ0n) is 35.4. The van der Waals surface area contributed by atoms with Crippen LogP contribution in [0.25, 0.3) is 0 Å². The second kappa shape index (κ2) is 21.4. The molecule has 0 saturated carbocycles. The van der Waals surface area contributed by atoms with Gasteiger partial charge in [-0.05, 0) is 71.3 Å². The Hall–Kier alpha value is -7.47. The van der Waals surface area contributed by atoms with Gasteiger partial charge in [0, 0.05) is 52.6 Å². The summed E-state index contributed by atoms with van der Waals surface area (Å²) >= 11 is 0. The Morgan fingerprint density at radius 3 is 0.937 bits per heavy atom. The van der Waals surface area contributed by atoms with Crippen molar-refractivity contribution in [1.82, 2.24) is 0 Å². The first-order chi connectivity index (χ1) is 30.9. The van der Waals surface area contributed by atoms with Crippen LogP contribution in [0.4, 0.5) is 0 Å². The quantitative estimate of drug-likeness (QED) is 0.0506. The molecule has 0 N–H and O–H groups in total. The van der Waals surface area contributed by atoms with E-state index < -0.39 is 0 Å². The van der Waals surface area contributed by atoms with Crippen LogP contribution in [0, 0.1) is 0 Å². The summed E-state index contributed by atoms with van der Waals surface area (Å²) in [5.74, 6) is 5.13. The second-order valence-corrected chi connectivity index (χ2v) is 14.4. The first kappa shape index (κ1) is 43.6. The zero-order chi connectivity index (χ0) is 44.0. The third-order valence-electron chi connectivity index (χ3n) is 10.5. The van der Waals surface area contributed by atoms with Gasteiger partial charge in [-0.2, -0.15) is 0 Å². The molecule has 6 aromatic carbocycles. The Bertz CT molecular complexity index is 2270. The van der Waals surface area contributed by atoms with Crippen LogP contribution in [0.1, 0.15) is 64.5 Å². The minimum atomic E-state index is 0.224. The third-order valence-corrected chi connectivity index (χ3v) is 10.5. The fraction of sp³-hybridized carbons (Fsp3) is 0.235. The molecule has 0 amide bonds. The average Bonchev–Trinajstić information content (AvgIpc) is 3.39. The standard InChI is InChI=1S/C51H48O12/c1-55-49-43-28-38-14-17-47(62-23-20-59-41-11-5-8-35(26-41)32-53)51(57-3)45(38)30-39-15-18-48(63-24-21-60-42-12-6-9-36(27-42)33-54)50(56-2)44(39)29-37(43)13-16-46(49)61-22-19-58-40-10-4-7-34(25-40)31-52/h4-18,25-27,31-33H,19-24,28-30H2,1-3H3. The van der Waals surface area contributed by atoms with Gasteiger partial charge in [0.05, 0.1) is 21.3 Å². The van der Waals surface area contributed by atoms with Crippen LogP contribution in [0.5, 0.6) is 51.7 Å². The van der Waals surface area contributed by atoms with Crippen molar-refractivity contribution >= 4 is 18.9 Å². The van der Waals surface area contributed by atoms with Gasteiger partial charge in [-0.25, -0.2) is 0 Å². The lowest BCUT2D eigenvalue weighted by atomic mass is 9.93. The fourth-order valence-corrected chi connectivity index (χ4v) is 7.57. The van der Waals surface area contributed by atoms with E-state index >= 15 is 0 Å². The number of carbonyl (C=O) groups excluding carboxylic acids is 3. The van der Waals surface area contributed by atoms with Crippen LogP contribution < -0.4 is 42.6 Å². The highest BCUT2D eigenvalue weighted by atomic mass is 16.6. The van der Waals surface area contributed by atoms with Gasteiger partial charge in [0.15, 0.2) is 34.5 Å². The predicted octanol–water partition coefficient (Wildman–Crippen LogP) is 8.61. The van der Waals surface area contributed by atoms with E-state index in [1.54, 1.807) is 94.1 Å². The van der Waals surface area contributed by atoms with E-state index in [0.717, 1.165) is 52.2 Å². The number of hydrogen-bond donors (Lipinski definition) is 0. The van der Waals surface area contributed by atoms with Crippen LogP contribution >= 0.6 is 0 Å². The third kappa shape index (κ3) is 10.7. The molecule has 1 aliphatic carbocycles. The van der Waals surface area contributed by atoms with E-state index in [1.807, 2.05) is 36.4 Å². The lowest BCUT2D eigenvalue weighted by Crippen LogP contribution is -2.11. The molecule has 12 nitrogen and oxygen atoms in total. The number of ether oxygens (including phenoxy) is 9. The predicted molar refractivity (Wildman–Crippen MR) is 236 cm³/mol. The van der Waals surface area contributed by atoms with E-state index in [1.165, 1.54) is 0 Å². The SMILES string of the molecule is COc1c(OCCOc2cccc(C=O)c2)ccc2c1Cc1ccc(OCCOc3cccc(C=O)c3)c(OC)c1Cc1ccc(OCCOc3cccc(C=O)c3)c(OC)c1C2. The minimum Gasteiger partial charge on any atom is -0.493 e. The topological polar surface area (TPSA) is 134 Å². The van der Waals surface area contributed by atoms with E-state index in [-0.39, 0.29) is 39.6 Å². The molecule has 6 aromatic rings. The summed E-state index contributed by atoms with van der Waals surface area (Å²) in [5, 5.41) is 0. The van der Waals surface area contributed by atoms with Crippen LogP contribution in [0.3, 0.4) is 0 Å². The number of methoxy groups -OCH3 is 3. The van der Waals surface area contributed by atoms with Crippen molar-refractivity contribution in [1.29, 1.82) is 0 Å². The van der Waals surface area contributed by atoms with Crippen molar-refractivity contribution in [2.45, 2.75) is 19.3 Å². The first-order valence-corrected chi connectivity index (χ1v) is 20.4. The minimum absolute atomic E-state index is 0.224. The highest BCUT2D eigenvalue weighted by Crippen LogP contribution is 2.45. The Balaban J connectivity index is 1.19. The Labute approximate surface area is 366 Å². The Kier molecular flexibility index (Phi) is 14.8. The maximum absolute atomic E-state index is 11.3. The summed E-state index contributed by atoms with van der Waals surface area (Å²) < 4.78 is 55.0. The molecule has 7 rings (SSSR count). The molecule has 324 valence electrons. The highest BCUT2D eigenvalue weighted by Gasteiger charge is 2.27. The van der Waals surface area contributed by atoms with E-state index in [4.69, 9.17) is 42.6 Å². The fourth-order valence-electron chi connectivity index (χ4n) is 7.57. The largest absolute Gasteiger partial charge is 0.493 e. The summed E-state index contributed by atoms with van der Waals surface area (Å²) in [5.41, 5.74) is 7.34. The molecule has 0 radical (unpaired) electrons. The molecule has 0 atom stereocenters. The smallest absolute Gasteiger partial charge is 0.164 e. The molecule has 12 heteroatoms. The summed E-state index contributed by atoms with van der Waals surface area (Å²) in [6.07, 6.45) is 3.78. The molecule has 0 heterocycles. The number of aldehydes is 3. The van der Waals surface area contributed by atoms with Crippen LogP contribution in [-0.4, -0.2) is 79.8 Å². The van der Waals surface area contributed by atoms with Gasteiger partial charge in [0.25, 0.3) is 0 Å². The lowest BCUT2D eigenvalue weighted by molar-refractivity contribution is 0.111. The molecule has 0 aromatic heterocycles. The summed E-state index contributed by atoms with van der Waals surface area (Å²) in [4.78, 5) is 33.8.